The van der Waals surface area contributed by atoms with Crippen molar-refractivity contribution in [1.82, 2.24) is 0 Å². The molecule has 0 aliphatic heterocycles. The van der Waals surface area contributed by atoms with Crippen molar-refractivity contribution in [2.24, 2.45) is 0 Å². The molecule has 0 fully saturated rings. The average molecular weight is 292 g/mol. The summed E-state index contributed by atoms with van der Waals surface area (Å²) in [5, 5.41) is 3.64. The van der Waals surface area contributed by atoms with E-state index in [2.05, 4.69) is 37.4 Å². The minimum atomic E-state index is -0.377. The number of para-hydroxylation sites is 1. The summed E-state index contributed by atoms with van der Waals surface area (Å²) in [6.07, 6.45) is 0.964. The van der Waals surface area contributed by atoms with Crippen molar-refractivity contribution < 1.29 is 4.39 Å². The maximum Gasteiger partial charge on any atom is 0.142 e. The first-order chi connectivity index (χ1) is 9.52. The number of nitrogens with one attached hydrogen (secondary N) is 1. The van der Waals surface area contributed by atoms with Gasteiger partial charge in [-0.1, -0.05) is 42.8 Å². The molecule has 2 rings (SSSR count). The van der Waals surface area contributed by atoms with Crippen molar-refractivity contribution in [2.45, 2.75) is 33.2 Å². The van der Waals surface area contributed by atoms with Crippen LogP contribution in [0.15, 0.2) is 36.4 Å². The highest BCUT2D eigenvalue weighted by molar-refractivity contribution is 6.30. The first-order valence-corrected chi connectivity index (χ1v) is 7.20. The molecule has 2 aromatic carbocycles. The van der Waals surface area contributed by atoms with E-state index in [1.807, 2.05) is 13.0 Å². The molecule has 1 nitrogen and oxygen atoms in total. The molecule has 1 N–H and O–H groups in total. The molecule has 3 heteroatoms. The zero-order chi connectivity index (χ0) is 14.7. The third kappa shape index (κ3) is 3.13. The first kappa shape index (κ1) is 14.9. The zero-order valence-electron chi connectivity index (χ0n) is 12.0. The summed E-state index contributed by atoms with van der Waals surface area (Å²) >= 11 is 5.72. The molecule has 0 aromatic heterocycles. The summed E-state index contributed by atoms with van der Waals surface area (Å²) in [7, 11) is 0. The van der Waals surface area contributed by atoms with Crippen LogP contribution in [-0.4, -0.2) is 0 Å². The van der Waals surface area contributed by atoms with Gasteiger partial charge in [0.15, 0.2) is 0 Å². The molecular formula is C17H19ClFN. The van der Waals surface area contributed by atoms with Crippen molar-refractivity contribution in [2.75, 3.05) is 5.32 Å². The lowest BCUT2D eigenvalue weighted by atomic mass is 10.0. The Balaban J connectivity index is 2.27. The Kier molecular flexibility index (Phi) is 4.66. The van der Waals surface area contributed by atoms with Gasteiger partial charge < -0.3 is 5.32 Å². The van der Waals surface area contributed by atoms with Gasteiger partial charge in [-0.25, -0.2) is 4.39 Å². The van der Waals surface area contributed by atoms with Gasteiger partial charge in [0.25, 0.3) is 0 Å². The van der Waals surface area contributed by atoms with Crippen molar-refractivity contribution in [3.63, 3.8) is 0 Å². The van der Waals surface area contributed by atoms with Crippen LogP contribution in [0.5, 0.6) is 0 Å². The largest absolute Gasteiger partial charge is 0.378 e. The van der Waals surface area contributed by atoms with Gasteiger partial charge in [-0.3, -0.25) is 0 Å². The van der Waals surface area contributed by atoms with Crippen LogP contribution in [0.1, 0.15) is 36.6 Å². The van der Waals surface area contributed by atoms with Crippen LogP contribution in [0.25, 0.3) is 0 Å². The fraction of sp³-hybridized carbons (Fsp3) is 0.294. The average Bonchev–Trinajstić information content (AvgIpc) is 2.44. The lowest BCUT2D eigenvalue weighted by molar-refractivity contribution is 0.624. The van der Waals surface area contributed by atoms with E-state index in [0.29, 0.717) is 0 Å². The van der Waals surface area contributed by atoms with Crippen LogP contribution in [-0.2, 0) is 6.42 Å². The van der Waals surface area contributed by atoms with Crippen LogP contribution in [0.2, 0.25) is 5.02 Å². The molecule has 2 aromatic rings. The second kappa shape index (κ2) is 6.27. The van der Waals surface area contributed by atoms with E-state index in [9.17, 15) is 4.39 Å². The molecule has 0 saturated heterocycles. The Hall–Kier alpha value is -1.54. The third-order valence-corrected chi connectivity index (χ3v) is 3.85. The molecule has 106 valence electrons. The Labute approximate surface area is 124 Å². The SMILES string of the molecule is CCc1cccc(C)c1NC(C)c1ccc(Cl)c(F)c1. The summed E-state index contributed by atoms with van der Waals surface area (Å²) in [5.41, 5.74) is 4.49. The van der Waals surface area contributed by atoms with Crippen molar-refractivity contribution in [3.05, 3.63) is 63.9 Å². The molecule has 0 spiro atoms. The molecule has 1 unspecified atom stereocenters. The molecule has 0 saturated carbocycles. The molecule has 0 radical (unpaired) electrons. The summed E-state index contributed by atoms with van der Waals surface area (Å²) < 4.78 is 13.5. The van der Waals surface area contributed by atoms with Gasteiger partial charge in [0, 0.05) is 11.7 Å². The number of benzene rings is 2. The Bertz CT molecular complexity index is 610. The highest BCUT2D eigenvalue weighted by Gasteiger charge is 2.11. The molecular weight excluding hydrogens is 273 g/mol. The Morgan fingerprint density at radius 3 is 2.65 bits per heavy atom. The van der Waals surface area contributed by atoms with E-state index in [1.165, 1.54) is 17.2 Å². The summed E-state index contributed by atoms with van der Waals surface area (Å²) in [5.74, 6) is -0.377. The molecule has 0 bridgehead atoms. The number of hydrogen-bond donors (Lipinski definition) is 1. The van der Waals surface area contributed by atoms with Gasteiger partial charge in [-0.2, -0.15) is 0 Å². The summed E-state index contributed by atoms with van der Waals surface area (Å²) in [6.45, 7) is 6.23. The van der Waals surface area contributed by atoms with E-state index in [-0.39, 0.29) is 16.9 Å². The predicted octanol–water partition coefficient (Wildman–Crippen LogP) is 5.52. The minimum Gasteiger partial charge on any atom is -0.378 e. The monoisotopic (exact) mass is 291 g/mol. The summed E-state index contributed by atoms with van der Waals surface area (Å²) in [6, 6.07) is 11.2. The van der Waals surface area contributed by atoms with Gasteiger partial charge in [-0.05, 0) is 49.1 Å². The van der Waals surface area contributed by atoms with Gasteiger partial charge in [0.1, 0.15) is 5.82 Å². The minimum absolute atomic E-state index is 0.0215. The normalized spacial score (nSPS) is 12.2. The smallest absolute Gasteiger partial charge is 0.142 e. The number of aryl methyl sites for hydroxylation is 2. The van der Waals surface area contributed by atoms with E-state index in [4.69, 9.17) is 11.6 Å². The third-order valence-electron chi connectivity index (χ3n) is 3.54. The molecule has 0 amide bonds. The van der Waals surface area contributed by atoms with E-state index < -0.39 is 0 Å². The lowest BCUT2D eigenvalue weighted by Gasteiger charge is -2.20. The van der Waals surface area contributed by atoms with Gasteiger partial charge >= 0.3 is 0 Å². The first-order valence-electron chi connectivity index (χ1n) is 6.83. The zero-order valence-corrected chi connectivity index (χ0v) is 12.8. The van der Waals surface area contributed by atoms with Gasteiger partial charge in [0.05, 0.1) is 5.02 Å². The number of halogens is 2. The van der Waals surface area contributed by atoms with E-state index in [0.717, 1.165) is 17.7 Å². The molecule has 20 heavy (non-hydrogen) atoms. The molecule has 0 heterocycles. The van der Waals surface area contributed by atoms with Gasteiger partial charge in [0.2, 0.25) is 0 Å². The van der Waals surface area contributed by atoms with Crippen LogP contribution >= 0.6 is 11.6 Å². The quantitative estimate of drug-likeness (QED) is 0.782. The van der Waals surface area contributed by atoms with Crippen molar-refractivity contribution >= 4 is 17.3 Å². The second-order valence-corrected chi connectivity index (χ2v) is 5.41. The van der Waals surface area contributed by atoms with Crippen LogP contribution in [0, 0.1) is 12.7 Å². The molecule has 0 aliphatic rings. The van der Waals surface area contributed by atoms with Crippen molar-refractivity contribution in [3.8, 4) is 0 Å². The number of hydrogen-bond acceptors (Lipinski definition) is 1. The number of anilines is 1. The fourth-order valence-corrected chi connectivity index (χ4v) is 2.43. The van der Waals surface area contributed by atoms with E-state index >= 15 is 0 Å². The van der Waals surface area contributed by atoms with Gasteiger partial charge in [-0.15, -0.1) is 0 Å². The second-order valence-electron chi connectivity index (χ2n) is 5.00. The number of rotatable bonds is 4. The summed E-state index contributed by atoms with van der Waals surface area (Å²) in [4.78, 5) is 0. The molecule has 1 atom stereocenters. The Morgan fingerprint density at radius 1 is 1.25 bits per heavy atom. The topological polar surface area (TPSA) is 12.0 Å². The fourth-order valence-electron chi connectivity index (χ4n) is 2.31. The Morgan fingerprint density at radius 2 is 2.00 bits per heavy atom. The molecule has 0 aliphatic carbocycles. The van der Waals surface area contributed by atoms with E-state index in [1.54, 1.807) is 6.07 Å². The lowest BCUT2D eigenvalue weighted by Crippen LogP contribution is -2.10. The highest BCUT2D eigenvalue weighted by Crippen LogP contribution is 2.27. The predicted molar refractivity (Wildman–Crippen MR) is 84.0 cm³/mol. The maximum atomic E-state index is 13.5. The van der Waals surface area contributed by atoms with Crippen LogP contribution in [0.4, 0.5) is 10.1 Å². The van der Waals surface area contributed by atoms with Crippen LogP contribution < -0.4 is 5.32 Å². The standard InChI is InChI=1S/C17H19ClFN/c1-4-13-7-5-6-11(2)17(13)20-12(3)14-8-9-15(18)16(19)10-14/h5-10,12,20H,4H2,1-3H3. The maximum absolute atomic E-state index is 13.5. The highest BCUT2D eigenvalue weighted by atomic mass is 35.5. The van der Waals surface area contributed by atoms with Crippen molar-refractivity contribution in [1.29, 1.82) is 0 Å². The van der Waals surface area contributed by atoms with Crippen LogP contribution in [0.3, 0.4) is 0 Å².